The summed E-state index contributed by atoms with van der Waals surface area (Å²) in [7, 11) is 0. The van der Waals surface area contributed by atoms with E-state index in [9.17, 15) is 9.59 Å². The molecule has 20 heavy (non-hydrogen) atoms. The topological polar surface area (TPSA) is 58.6 Å². The van der Waals surface area contributed by atoms with Gasteiger partial charge in [0.1, 0.15) is 12.1 Å². The van der Waals surface area contributed by atoms with E-state index in [1.165, 1.54) is 12.8 Å². The molecule has 0 aromatic heterocycles. The number of hydrogen-bond donors (Lipinski definition) is 1. The van der Waals surface area contributed by atoms with Crippen LogP contribution in [0.1, 0.15) is 52.4 Å². The Morgan fingerprint density at radius 1 is 1.25 bits per heavy atom. The van der Waals surface area contributed by atoms with E-state index in [-0.39, 0.29) is 29.6 Å². The summed E-state index contributed by atoms with van der Waals surface area (Å²) in [6.07, 6.45) is 7.03. The first-order chi connectivity index (χ1) is 9.51. The Bertz CT molecular complexity index is 417. The number of hydrogen-bond acceptors (Lipinski definition) is 3. The Kier molecular flexibility index (Phi) is 3.48. The van der Waals surface area contributed by atoms with E-state index in [1.54, 1.807) is 18.7 Å². The second kappa shape index (κ2) is 5.02. The maximum atomic E-state index is 12.2. The number of carbonyl (C=O) groups excluding carboxylic acids is 2. The van der Waals surface area contributed by atoms with Crippen LogP contribution in [0.15, 0.2) is 0 Å². The number of nitrogens with one attached hydrogen (secondary N) is 1. The van der Waals surface area contributed by atoms with Crippen molar-refractivity contribution in [1.82, 2.24) is 10.2 Å². The van der Waals surface area contributed by atoms with Gasteiger partial charge in [-0.2, -0.15) is 0 Å². The van der Waals surface area contributed by atoms with Gasteiger partial charge in [0.15, 0.2) is 0 Å². The predicted octanol–water partition coefficient (Wildman–Crippen LogP) is 1.21. The summed E-state index contributed by atoms with van der Waals surface area (Å²) >= 11 is 0. The third kappa shape index (κ3) is 2.32. The Hall–Kier alpha value is -1.10. The van der Waals surface area contributed by atoms with Gasteiger partial charge in [0.25, 0.3) is 0 Å². The molecular formula is C15H24N2O3. The largest absolute Gasteiger partial charge is 0.370 e. The zero-order valence-electron chi connectivity index (χ0n) is 12.4. The molecule has 3 atom stereocenters. The first kappa shape index (κ1) is 13.9. The van der Waals surface area contributed by atoms with Crippen molar-refractivity contribution in [1.29, 1.82) is 0 Å². The Morgan fingerprint density at radius 2 is 1.95 bits per heavy atom. The van der Waals surface area contributed by atoms with Crippen LogP contribution in [-0.4, -0.2) is 47.0 Å². The van der Waals surface area contributed by atoms with E-state index >= 15 is 0 Å². The number of nitrogens with zero attached hydrogens (tertiary/aromatic N) is 1. The number of carbonyl (C=O) groups is 2. The van der Waals surface area contributed by atoms with Crippen molar-refractivity contribution < 1.29 is 14.3 Å². The molecule has 1 aliphatic carbocycles. The van der Waals surface area contributed by atoms with Crippen molar-refractivity contribution in [2.24, 2.45) is 0 Å². The summed E-state index contributed by atoms with van der Waals surface area (Å²) in [6, 6.07) is -0.803. The lowest BCUT2D eigenvalue weighted by molar-refractivity contribution is -0.151. The Morgan fingerprint density at radius 3 is 2.65 bits per heavy atom. The highest BCUT2D eigenvalue weighted by Gasteiger charge is 2.44. The molecule has 0 radical (unpaired) electrons. The maximum Gasteiger partial charge on any atom is 0.245 e. The first-order valence-electron chi connectivity index (χ1n) is 7.79. The molecular weight excluding hydrogens is 256 g/mol. The van der Waals surface area contributed by atoms with Crippen LogP contribution in [0.3, 0.4) is 0 Å². The van der Waals surface area contributed by atoms with Gasteiger partial charge in [-0.05, 0) is 39.5 Å². The third-order valence-corrected chi connectivity index (χ3v) is 5.11. The molecule has 1 N–H and O–H groups in total. The van der Waals surface area contributed by atoms with Crippen molar-refractivity contribution in [3.63, 3.8) is 0 Å². The quantitative estimate of drug-likeness (QED) is 0.827. The van der Waals surface area contributed by atoms with Crippen LogP contribution in [0.2, 0.25) is 0 Å². The predicted molar refractivity (Wildman–Crippen MR) is 74.1 cm³/mol. The molecule has 3 aliphatic rings. The highest BCUT2D eigenvalue weighted by Crippen LogP contribution is 2.43. The van der Waals surface area contributed by atoms with Crippen molar-refractivity contribution >= 4 is 11.8 Å². The highest BCUT2D eigenvalue weighted by molar-refractivity contribution is 5.96. The second-order valence-electron chi connectivity index (χ2n) is 6.57. The van der Waals surface area contributed by atoms with Gasteiger partial charge in [-0.15, -0.1) is 0 Å². The van der Waals surface area contributed by atoms with E-state index in [1.807, 2.05) is 0 Å². The summed E-state index contributed by atoms with van der Waals surface area (Å²) in [6.45, 7) is 4.09. The molecule has 3 rings (SSSR count). The molecule has 0 aromatic rings. The highest BCUT2D eigenvalue weighted by atomic mass is 16.5. The molecule has 2 amide bonds. The van der Waals surface area contributed by atoms with Gasteiger partial charge in [-0.1, -0.05) is 12.8 Å². The molecule has 5 nitrogen and oxygen atoms in total. The standard InChI is InChI=1S/C15H24N2O3/c1-10-14(19)17(11(2)13(18)16-10)9-12-5-8-15(20-12)6-3-4-7-15/h10-12H,3-9H2,1-2H3,(H,16,18). The summed E-state index contributed by atoms with van der Waals surface area (Å²) < 4.78 is 6.25. The molecule has 1 spiro atoms. The normalized spacial score (nSPS) is 36.7. The van der Waals surface area contributed by atoms with Crippen molar-refractivity contribution in [3.8, 4) is 0 Å². The molecule has 1 saturated carbocycles. The van der Waals surface area contributed by atoms with E-state index < -0.39 is 6.04 Å². The molecule has 3 unspecified atom stereocenters. The van der Waals surface area contributed by atoms with E-state index in [0.717, 1.165) is 25.7 Å². The smallest absolute Gasteiger partial charge is 0.245 e. The van der Waals surface area contributed by atoms with Gasteiger partial charge in [0.05, 0.1) is 11.7 Å². The van der Waals surface area contributed by atoms with Crippen molar-refractivity contribution in [2.45, 2.75) is 76.2 Å². The number of piperazine rings is 1. The van der Waals surface area contributed by atoms with Crippen LogP contribution >= 0.6 is 0 Å². The summed E-state index contributed by atoms with van der Waals surface area (Å²) in [4.78, 5) is 25.8. The summed E-state index contributed by atoms with van der Waals surface area (Å²) in [5, 5.41) is 2.71. The minimum atomic E-state index is -0.416. The zero-order chi connectivity index (χ0) is 14.3. The minimum Gasteiger partial charge on any atom is -0.370 e. The maximum absolute atomic E-state index is 12.2. The van der Waals surface area contributed by atoms with Crippen molar-refractivity contribution in [2.75, 3.05) is 6.54 Å². The number of ether oxygens (including phenoxy) is 1. The monoisotopic (exact) mass is 280 g/mol. The number of amides is 2. The van der Waals surface area contributed by atoms with Crippen LogP contribution in [0.25, 0.3) is 0 Å². The van der Waals surface area contributed by atoms with E-state index in [2.05, 4.69) is 5.32 Å². The zero-order valence-corrected chi connectivity index (χ0v) is 12.4. The molecule has 2 heterocycles. The van der Waals surface area contributed by atoms with Gasteiger partial charge < -0.3 is 15.0 Å². The molecule has 2 aliphatic heterocycles. The third-order valence-electron chi connectivity index (χ3n) is 5.11. The van der Waals surface area contributed by atoms with Gasteiger partial charge in [-0.3, -0.25) is 9.59 Å². The first-order valence-corrected chi connectivity index (χ1v) is 7.79. The van der Waals surface area contributed by atoms with Gasteiger partial charge >= 0.3 is 0 Å². The molecule has 112 valence electrons. The minimum absolute atomic E-state index is 0.00747. The van der Waals surface area contributed by atoms with E-state index in [0.29, 0.717) is 6.54 Å². The summed E-state index contributed by atoms with van der Waals surface area (Å²) in [5.74, 6) is -0.0567. The second-order valence-corrected chi connectivity index (χ2v) is 6.57. The average molecular weight is 280 g/mol. The van der Waals surface area contributed by atoms with Crippen LogP contribution in [0.4, 0.5) is 0 Å². The van der Waals surface area contributed by atoms with Gasteiger partial charge in [0.2, 0.25) is 11.8 Å². The average Bonchev–Trinajstić information content (AvgIpc) is 3.03. The molecule has 5 heteroatoms. The van der Waals surface area contributed by atoms with Crippen LogP contribution in [-0.2, 0) is 14.3 Å². The fourth-order valence-corrected chi connectivity index (χ4v) is 3.86. The van der Waals surface area contributed by atoms with Crippen molar-refractivity contribution in [3.05, 3.63) is 0 Å². The van der Waals surface area contributed by atoms with Crippen LogP contribution in [0, 0.1) is 0 Å². The Labute approximate surface area is 120 Å². The van der Waals surface area contributed by atoms with Gasteiger partial charge in [-0.25, -0.2) is 0 Å². The lowest BCUT2D eigenvalue weighted by atomic mass is 9.98. The van der Waals surface area contributed by atoms with E-state index in [4.69, 9.17) is 4.74 Å². The van der Waals surface area contributed by atoms with Crippen LogP contribution < -0.4 is 5.32 Å². The Balaban J connectivity index is 1.65. The van der Waals surface area contributed by atoms with Gasteiger partial charge in [0, 0.05) is 6.54 Å². The van der Waals surface area contributed by atoms with Crippen LogP contribution in [0.5, 0.6) is 0 Å². The lowest BCUT2D eigenvalue weighted by Gasteiger charge is -2.37. The fourth-order valence-electron chi connectivity index (χ4n) is 3.86. The lowest BCUT2D eigenvalue weighted by Crippen LogP contribution is -2.62. The SMILES string of the molecule is CC1NC(=O)C(C)N(CC2CCC3(CCCC3)O2)C1=O. The summed E-state index contributed by atoms with van der Waals surface area (Å²) in [5.41, 5.74) is 0.0839. The molecule has 3 fully saturated rings. The molecule has 2 saturated heterocycles. The number of rotatable bonds is 2. The molecule has 0 bridgehead atoms. The fraction of sp³-hybridized carbons (Fsp3) is 0.867. The molecule has 0 aromatic carbocycles.